The molecule has 1 heterocycles. The lowest BCUT2D eigenvalue weighted by molar-refractivity contribution is -0.138. The lowest BCUT2D eigenvalue weighted by Crippen LogP contribution is -2.23. The molecule has 5 nitrogen and oxygen atoms in total. The quantitative estimate of drug-likeness (QED) is 0.567. The van der Waals surface area contributed by atoms with Gasteiger partial charge in [-0.15, -0.1) is 0 Å². The van der Waals surface area contributed by atoms with Crippen LogP contribution in [0.5, 0.6) is 0 Å². The number of aromatic nitrogens is 2. The van der Waals surface area contributed by atoms with Gasteiger partial charge in [0.2, 0.25) is 0 Å². The van der Waals surface area contributed by atoms with Crippen LogP contribution in [0.25, 0.3) is 11.8 Å². The van der Waals surface area contributed by atoms with Gasteiger partial charge in [0.1, 0.15) is 5.03 Å². The predicted molar refractivity (Wildman–Crippen MR) is 90.3 cm³/mol. The zero-order chi connectivity index (χ0) is 19.5. The monoisotopic (exact) mass is 406 g/mol. The molecule has 10 heteroatoms. The van der Waals surface area contributed by atoms with E-state index in [4.69, 9.17) is 27.9 Å². The first-order chi connectivity index (χ1) is 12.1. The van der Waals surface area contributed by atoms with Gasteiger partial charge in [0.15, 0.2) is 0 Å². The van der Waals surface area contributed by atoms with Gasteiger partial charge in [-0.2, -0.15) is 23.0 Å². The molecule has 1 aromatic carbocycles. The fourth-order valence-electron chi connectivity index (χ4n) is 1.93. The van der Waals surface area contributed by atoms with Gasteiger partial charge in [-0.3, -0.25) is 4.79 Å². The summed E-state index contributed by atoms with van der Waals surface area (Å²) in [6.07, 6.45) is -2.91. The molecule has 0 unspecified atom stereocenters. The van der Waals surface area contributed by atoms with E-state index in [9.17, 15) is 22.8 Å². The van der Waals surface area contributed by atoms with Crippen molar-refractivity contribution in [3.8, 4) is 5.69 Å². The van der Waals surface area contributed by atoms with Crippen LogP contribution in [0, 0.1) is 0 Å². The summed E-state index contributed by atoms with van der Waals surface area (Å²) < 4.78 is 43.4. The van der Waals surface area contributed by atoms with E-state index in [1.165, 1.54) is 24.3 Å². The maximum atomic E-state index is 12.6. The van der Waals surface area contributed by atoms with Crippen LogP contribution in [0.2, 0.25) is 5.02 Å². The number of halogens is 5. The average Bonchev–Trinajstić information content (AvgIpc) is 2.56. The van der Waals surface area contributed by atoms with Crippen molar-refractivity contribution in [3.05, 3.63) is 62.0 Å². The first-order valence-corrected chi connectivity index (χ1v) is 7.90. The number of hydrogen-bond acceptors (Lipinski definition) is 4. The second kappa shape index (κ2) is 7.92. The van der Waals surface area contributed by atoms with E-state index in [1.54, 1.807) is 6.92 Å². The molecule has 0 fully saturated rings. The van der Waals surface area contributed by atoms with E-state index in [-0.39, 0.29) is 27.9 Å². The summed E-state index contributed by atoms with van der Waals surface area (Å²) in [5.41, 5.74) is -1.73. The number of alkyl halides is 3. The van der Waals surface area contributed by atoms with E-state index in [0.29, 0.717) is 12.3 Å². The number of hydrogen-bond donors (Lipinski definition) is 0. The number of rotatable bonds is 4. The minimum Gasteiger partial charge on any atom is -0.462 e. The maximum absolute atomic E-state index is 12.6. The number of benzene rings is 1. The highest BCUT2D eigenvalue weighted by atomic mass is 35.5. The summed E-state index contributed by atoms with van der Waals surface area (Å²) in [7, 11) is 0. The molecular weight excluding hydrogens is 396 g/mol. The SMILES string of the molecule is CCOC(=O)C(Cl)=Cc1cc(-n2ncc(C(F)(F)F)cc2=O)ccc1Cl. The lowest BCUT2D eigenvalue weighted by atomic mass is 10.2. The highest BCUT2D eigenvalue weighted by Gasteiger charge is 2.31. The summed E-state index contributed by atoms with van der Waals surface area (Å²) in [4.78, 5) is 23.5. The predicted octanol–water partition coefficient (Wildman–Crippen LogP) is 4.05. The topological polar surface area (TPSA) is 61.2 Å². The molecule has 0 bridgehead atoms. The van der Waals surface area contributed by atoms with Crippen molar-refractivity contribution in [1.82, 2.24) is 9.78 Å². The third-order valence-corrected chi connectivity index (χ3v) is 3.71. The molecule has 0 saturated heterocycles. The molecule has 0 aliphatic carbocycles. The standard InChI is InChI=1S/C16H11Cl2F3N2O3/c1-2-26-15(25)13(18)6-9-5-11(3-4-12(9)17)23-14(24)7-10(8-22-23)16(19,20)21/h3-8H,2H2,1H3. The molecule has 26 heavy (non-hydrogen) atoms. The van der Waals surface area contributed by atoms with E-state index in [0.717, 1.165) is 4.68 Å². The molecule has 138 valence electrons. The molecule has 0 amide bonds. The Morgan fingerprint density at radius 3 is 2.62 bits per heavy atom. The first-order valence-electron chi connectivity index (χ1n) is 7.14. The van der Waals surface area contributed by atoms with E-state index < -0.39 is 23.3 Å². The molecule has 2 aromatic rings. The van der Waals surface area contributed by atoms with Gasteiger partial charge in [-0.25, -0.2) is 4.79 Å². The summed E-state index contributed by atoms with van der Waals surface area (Å²) >= 11 is 11.9. The Balaban J connectivity index is 2.46. The van der Waals surface area contributed by atoms with Gasteiger partial charge < -0.3 is 4.74 Å². The maximum Gasteiger partial charge on any atom is 0.418 e. The molecule has 1 aromatic heterocycles. The fraction of sp³-hybridized carbons (Fsp3) is 0.188. The molecule has 0 aliphatic rings. The van der Waals surface area contributed by atoms with Crippen molar-refractivity contribution in [2.75, 3.05) is 6.61 Å². The Hall–Kier alpha value is -2.32. The highest BCUT2D eigenvalue weighted by molar-refractivity contribution is 6.43. The van der Waals surface area contributed by atoms with Gasteiger partial charge in [0, 0.05) is 11.1 Å². The van der Waals surface area contributed by atoms with Crippen LogP contribution in [0.3, 0.4) is 0 Å². The minimum absolute atomic E-state index is 0.127. The zero-order valence-electron chi connectivity index (χ0n) is 13.2. The largest absolute Gasteiger partial charge is 0.462 e. The molecule has 0 aliphatic heterocycles. The number of nitrogens with zero attached hydrogens (tertiary/aromatic N) is 2. The number of ether oxygens (including phenoxy) is 1. The van der Waals surface area contributed by atoms with Crippen LogP contribution < -0.4 is 5.56 Å². The van der Waals surface area contributed by atoms with Gasteiger partial charge >= 0.3 is 12.1 Å². The van der Waals surface area contributed by atoms with Crippen LogP contribution in [0.4, 0.5) is 13.2 Å². The molecule has 0 spiro atoms. The van der Waals surface area contributed by atoms with Crippen molar-refractivity contribution >= 4 is 35.2 Å². The van der Waals surface area contributed by atoms with Crippen LogP contribution in [0.1, 0.15) is 18.1 Å². The lowest BCUT2D eigenvalue weighted by Gasteiger charge is -2.09. The van der Waals surface area contributed by atoms with Gasteiger partial charge in [0.05, 0.1) is 24.1 Å². The van der Waals surface area contributed by atoms with E-state index in [1.807, 2.05) is 0 Å². The first kappa shape index (κ1) is 20.0. The number of carbonyl (C=O) groups excluding carboxylic acids is 1. The van der Waals surface area contributed by atoms with Crippen molar-refractivity contribution in [2.45, 2.75) is 13.1 Å². The Morgan fingerprint density at radius 2 is 2.04 bits per heavy atom. The van der Waals surface area contributed by atoms with Gasteiger partial charge in [0.25, 0.3) is 5.56 Å². The van der Waals surface area contributed by atoms with E-state index >= 15 is 0 Å². The highest BCUT2D eigenvalue weighted by Crippen LogP contribution is 2.28. The summed E-state index contributed by atoms with van der Waals surface area (Å²) in [5.74, 6) is -0.763. The summed E-state index contributed by atoms with van der Waals surface area (Å²) in [5, 5.41) is 3.48. The second-order valence-electron chi connectivity index (χ2n) is 4.91. The summed E-state index contributed by atoms with van der Waals surface area (Å²) in [6.45, 7) is 1.74. The third kappa shape index (κ3) is 4.64. The molecule has 0 radical (unpaired) electrons. The van der Waals surface area contributed by atoms with Crippen molar-refractivity contribution < 1.29 is 22.7 Å². The summed E-state index contributed by atoms with van der Waals surface area (Å²) in [6, 6.07) is 4.57. The molecule has 0 saturated carbocycles. The Labute approximate surface area is 155 Å². The van der Waals surface area contributed by atoms with Crippen molar-refractivity contribution in [3.63, 3.8) is 0 Å². The average molecular weight is 407 g/mol. The fourth-order valence-corrected chi connectivity index (χ4v) is 2.27. The van der Waals surface area contributed by atoms with Gasteiger partial charge in [-0.05, 0) is 36.8 Å². The molecule has 0 N–H and O–H groups in total. The number of esters is 1. The second-order valence-corrected chi connectivity index (χ2v) is 5.73. The van der Waals surface area contributed by atoms with Crippen molar-refractivity contribution in [2.24, 2.45) is 0 Å². The normalized spacial score (nSPS) is 12.2. The Bertz CT molecular complexity index is 924. The molecule has 2 rings (SSSR count). The van der Waals surface area contributed by atoms with Crippen LogP contribution in [0.15, 0.2) is 40.3 Å². The van der Waals surface area contributed by atoms with Crippen LogP contribution in [-0.4, -0.2) is 22.4 Å². The zero-order valence-corrected chi connectivity index (χ0v) is 14.7. The van der Waals surface area contributed by atoms with Crippen LogP contribution >= 0.6 is 23.2 Å². The van der Waals surface area contributed by atoms with Crippen LogP contribution in [-0.2, 0) is 15.7 Å². The minimum atomic E-state index is -4.67. The van der Waals surface area contributed by atoms with Crippen molar-refractivity contribution in [1.29, 1.82) is 0 Å². The van der Waals surface area contributed by atoms with Gasteiger partial charge in [-0.1, -0.05) is 23.2 Å². The van der Waals surface area contributed by atoms with E-state index in [2.05, 4.69) is 5.10 Å². The molecular formula is C16H11Cl2F3N2O3. The molecule has 0 atom stereocenters. The Kier molecular flexibility index (Phi) is 6.09. The third-order valence-electron chi connectivity index (χ3n) is 3.10. The Morgan fingerprint density at radius 1 is 1.35 bits per heavy atom. The number of carbonyl (C=O) groups is 1. The smallest absolute Gasteiger partial charge is 0.418 e.